The van der Waals surface area contributed by atoms with Gasteiger partial charge in [0.2, 0.25) is 0 Å². The summed E-state index contributed by atoms with van der Waals surface area (Å²) in [6.07, 6.45) is 3.53. The highest BCUT2D eigenvalue weighted by atomic mass is 16.7. The molecule has 0 unspecified atom stereocenters. The number of aromatic hydroxyl groups is 1. The van der Waals surface area contributed by atoms with Gasteiger partial charge in [-0.3, -0.25) is 4.79 Å². The van der Waals surface area contributed by atoms with E-state index in [1.54, 1.807) is 18.1 Å². The van der Waals surface area contributed by atoms with Crippen molar-refractivity contribution in [3.63, 3.8) is 0 Å². The maximum absolute atomic E-state index is 11.7. The minimum atomic E-state index is -0.912. The van der Waals surface area contributed by atoms with Gasteiger partial charge < -0.3 is 24.7 Å². The first-order valence-electron chi connectivity index (χ1n) is 10.2. The number of carboxylic acids is 1. The minimum Gasteiger partial charge on any atom is -0.504 e. The molecule has 2 heterocycles. The molecule has 2 aliphatic heterocycles. The summed E-state index contributed by atoms with van der Waals surface area (Å²) in [4.78, 5) is 19.7. The van der Waals surface area contributed by atoms with Gasteiger partial charge in [-0.25, -0.2) is 0 Å². The Morgan fingerprint density at radius 3 is 2.93 bits per heavy atom. The molecule has 2 fully saturated rings. The Morgan fingerprint density at radius 1 is 1.43 bits per heavy atom. The molecule has 7 heteroatoms. The summed E-state index contributed by atoms with van der Waals surface area (Å²) in [5.74, 6) is 0.335. The maximum Gasteiger partial charge on any atom is 0.323 e. The van der Waals surface area contributed by atoms with Crippen molar-refractivity contribution in [2.75, 3.05) is 20.7 Å². The Balaban J connectivity index is 1.66. The number of hydroxylamine groups is 2. The summed E-state index contributed by atoms with van der Waals surface area (Å²) in [5.41, 5.74) is 2.26. The predicted octanol–water partition coefficient (Wildman–Crippen LogP) is 1.77. The van der Waals surface area contributed by atoms with Crippen LogP contribution in [0, 0.1) is 5.92 Å². The molecule has 0 aromatic heterocycles. The Morgan fingerprint density at radius 2 is 2.21 bits per heavy atom. The van der Waals surface area contributed by atoms with Gasteiger partial charge >= 0.3 is 5.97 Å². The lowest BCUT2D eigenvalue weighted by Crippen LogP contribution is -2.69. The van der Waals surface area contributed by atoms with Gasteiger partial charge in [-0.2, -0.15) is 5.06 Å². The molecule has 0 amide bonds. The zero-order valence-corrected chi connectivity index (χ0v) is 16.6. The number of piperidine rings is 1. The lowest BCUT2D eigenvalue weighted by atomic mass is 9.51. The van der Waals surface area contributed by atoms with Gasteiger partial charge in [-0.1, -0.05) is 6.07 Å². The average Bonchev–Trinajstić information content (AvgIpc) is 3.03. The van der Waals surface area contributed by atoms with E-state index in [9.17, 15) is 15.0 Å². The molecule has 7 nitrogen and oxygen atoms in total. The third-order valence-corrected chi connectivity index (χ3v) is 7.84. The van der Waals surface area contributed by atoms with Crippen molar-refractivity contribution >= 4 is 5.97 Å². The first-order valence-corrected chi connectivity index (χ1v) is 10.2. The molecule has 2 aliphatic carbocycles. The number of hydrogen-bond donors (Lipinski definition) is 2. The topological polar surface area (TPSA) is 82.5 Å². The summed E-state index contributed by atoms with van der Waals surface area (Å²) < 4.78 is 6.49. The van der Waals surface area contributed by atoms with Crippen LogP contribution < -0.4 is 4.74 Å². The Labute approximate surface area is 164 Å². The number of carbonyl (C=O) groups is 1. The predicted molar refractivity (Wildman–Crippen MR) is 101 cm³/mol. The molecule has 1 saturated heterocycles. The third kappa shape index (κ3) is 2.12. The van der Waals surface area contributed by atoms with E-state index >= 15 is 0 Å². The SMILES string of the molecule is CON([C@@H]1CC[C@H]2[C@H]3Cc4ccc(O)c5c4[C@@]2(CCN3C)[C@H]1O5)[C@@H](C)C(=O)O. The summed E-state index contributed by atoms with van der Waals surface area (Å²) in [6, 6.07) is 3.29. The van der Waals surface area contributed by atoms with Crippen LogP contribution in [-0.4, -0.2) is 71.1 Å². The molecular formula is C21H28N2O5. The van der Waals surface area contributed by atoms with Crippen LogP contribution in [0.3, 0.4) is 0 Å². The number of phenols is 1. The van der Waals surface area contributed by atoms with Crippen LogP contribution in [0.4, 0.5) is 0 Å². The monoisotopic (exact) mass is 388 g/mol. The number of hydrogen-bond acceptors (Lipinski definition) is 6. The highest BCUT2D eigenvalue weighted by molar-refractivity contribution is 5.72. The smallest absolute Gasteiger partial charge is 0.323 e. The average molecular weight is 388 g/mol. The molecular weight excluding hydrogens is 360 g/mol. The van der Waals surface area contributed by atoms with Crippen molar-refractivity contribution < 1.29 is 24.6 Å². The first kappa shape index (κ1) is 18.2. The lowest BCUT2D eigenvalue weighted by molar-refractivity contribution is -0.229. The van der Waals surface area contributed by atoms with Gasteiger partial charge in [-0.15, -0.1) is 0 Å². The fraction of sp³-hybridized carbons (Fsp3) is 0.667. The number of nitrogens with zero attached hydrogens (tertiary/aromatic N) is 2. The van der Waals surface area contributed by atoms with Crippen LogP contribution in [-0.2, 0) is 21.5 Å². The highest BCUT2D eigenvalue weighted by Gasteiger charge is 2.66. The molecule has 2 N–H and O–H groups in total. The van der Waals surface area contributed by atoms with Crippen LogP contribution in [0.2, 0.25) is 0 Å². The van der Waals surface area contributed by atoms with Gasteiger partial charge in [-0.05, 0) is 63.7 Å². The van der Waals surface area contributed by atoms with E-state index in [1.807, 2.05) is 6.07 Å². The number of aliphatic carboxylic acids is 1. The molecule has 4 aliphatic rings. The second-order valence-corrected chi connectivity index (χ2v) is 8.84. The van der Waals surface area contributed by atoms with Crippen LogP contribution in [0.5, 0.6) is 11.5 Å². The second kappa shape index (κ2) is 6.08. The van der Waals surface area contributed by atoms with Gasteiger partial charge in [0.05, 0.1) is 13.2 Å². The zero-order chi connectivity index (χ0) is 19.8. The van der Waals surface area contributed by atoms with Crippen molar-refractivity contribution in [2.45, 2.75) is 62.3 Å². The fourth-order valence-corrected chi connectivity index (χ4v) is 6.66. The molecule has 28 heavy (non-hydrogen) atoms. The first-order chi connectivity index (χ1) is 13.4. The fourth-order valence-electron chi connectivity index (χ4n) is 6.66. The molecule has 2 bridgehead atoms. The van der Waals surface area contributed by atoms with E-state index in [2.05, 4.69) is 11.9 Å². The number of likely N-dealkylation sites (N-methyl/N-ethyl adjacent to an activating group) is 1. The normalized spacial score (nSPS) is 36.7. The van der Waals surface area contributed by atoms with Crippen molar-refractivity contribution in [1.82, 2.24) is 9.96 Å². The van der Waals surface area contributed by atoms with Crippen LogP contribution in [0.15, 0.2) is 12.1 Å². The summed E-state index contributed by atoms with van der Waals surface area (Å²) in [6.45, 7) is 2.63. The zero-order valence-electron chi connectivity index (χ0n) is 16.6. The molecule has 152 valence electrons. The molecule has 5 rings (SSSR count). The Kier molecular flexibility index (Phi) is 3.96. The van der Waals surface area contributed by atoms with E-state index < -0.39 is 12.0 Å². The summed E-state index contributed by atoms with van der Waals surface area (Å²) in [5, 5.41) is 21.7. The Hall–Kier alpha value is -1.83. The molecule has 6 atom stereocenters. The van der Waals surface area contributed by atoms with E-state index in [1.165, 1.54) is 18.2 Å². The summed E-state index contributed by atoms with van der Waals surface area (Å²) >= 11 is 0. The standard InChI is InChI=1S/C21H28N2O5/c1-11(20(25)26)23(27-3)14-6-5-13-15-10-12-4-7-16(24)18-17(12)21(13,19(14)28-18)8-9-22(15)2/h4,7,11,13-15,19,24H,5-6,8-10H2,1-3H3,(H,25,26)/t11-,13-,14+,15+,19-,21-/m0/s1. The molecule has 1 spiro atoms. The van der Waals surface area contributed by atoms with Crippen LogP contribution >= 0.6 is 0 Å². The highest BCUT2D eigenvalue weighted by Crippen LogP contribution is 2.64. The van der Waals surface area contributed by atoms with E-state index in [0.717, 1.165) is 32.2 Å². The molecule has 1 aromatic carbocycles. The quantitative estimate of drug-likeness (QED) is 0.761. The van der Waals surface area contributed by atoms with E-state index in [-0.39, 0.29) is 23.3 Å². The van der Waals surface area contributed by atoms with Crippen molar-refractivity contribution in [1.29, 1.82) is 0 Å². The molecule has 1 aromatic rings. The van der Waals surface area contributed by atoms with Crippen molar-refractivity contribution in [3.8, 4) is 11.5 Å². The number of benzene rings is 1. The van der Waals surface area contributed by atoms with Crippen molar-refractivity contribution in [2.24, 2.45) is 5.92 Å². The van der Waals surface area contributed by atoms with Crippen molar-refractivity contribution in [3.05, 3.63) is 23.3 Å². The number of rotatable bonds is 4. The van der Waals surface area contributed by atoms with Gasteiger partial charge in [0.25, 0.3) is 0 Å². The van der Waals surface area contributed by atoms with Gasteiger partial charge in [0.15, 0.2) is 11.5 Å². The number of ether oxygens (including phenoxy) is 1. The van der Waals surface area contributed by atoms with E-state index in [4.69, 9.17) is 9.57 Å². The molecule has 0 radical (unpaired) electrons. The maximum atomic E-state index is 11.7. The Bertz CT molecular complexity index is 829. The minimum absolute atomic E-state index is 0.172. The third-order valence-electron chi connectivity index (χ3n) is 7.84. The number of carboxylic acid groups (broad SMARTS) is 1. The number of phenolic OH excluding ortho intramolecular Hbond substituents is 1. The second-order valence-electron chi connectivity index (χ2n) is 8.84. The largest absolute Gasteiger partial charge is 0.504 e. The molecule has 1 saturated carbocycles. The van der Waals surface area contributed by atoms with Gasteiger partial charge in [0.1, 0.15) is 12.1 Å². The van der Waals surface area contributed by atoms with Crippen LogP contribution in [0.25, 0.3) is 0 Å². The number of likely N-dealkylation sites (tertiary alicyclic amines) is 1. The van der Waals surface area contributed by atoms with E-state index in [0.29, 0.717) is 17.7 Å². The van der Waals surface area contributed by atoms with Gasteiger partial charge in [0, 0.05) is 17.0 Å². The lowest BCUT2D eigenvalue weighted by Gasteiger charge is -2.60. The summed E-state index contributed by atoms with van der Waals surface area (Å²) in [7, 11) is 3.74. The van der Waals surface area contributed by atoms with Crippen LogP contribution in [0.1, 0.15) is 37.3 Å².